The summed E-state index contributed by atoms with van der Waals surface area (Å²) in [5, 5.41) is 0. The zero-order chi connectivity index (χ0) is 12.1. The number of rotatable bonds is 5. The van der Waals surface area contributed by atoms with E-state index in [0.717, 1.165) is 21.1 Å². The van der Waals surface area contributed by atoms with Crippen molar-refractivity contribution in [2.45, 2.75) is 19.4 Å². The van der Waals surface area contributed by atoms with Gasteiger partial charge in [-0.1, -0.05) is 0 Å². The fraction of sp³-hybridized carbons (Fsp3) is 0.455. The molecule has 0 radical (unpaired) electrons. The van der Waals surface area contributed by atoms with Crippen LogP contribution in [0, 0.1) is 0 Å². The third kappa shape index (κ3) is 4.05. The van der Waals surface area contributed by atoms with Crippen molar-refractivity contribution in [3.63, 3.8) is 0 Å². The lowest BCUT2D eigenvalue weighted by Crippen LogP contribution is -2.17. The second-order valence-corrected chi connectivity index (χ2v) is 5.33. The van der Waals surface area contributed by atoms with Crippen molar-refractivity contribution in [1.82, 2.24) is 0 Å². The van der Waals surface area contributed by atoms with Gasteiger partial charge in [-0.25, -0.2) is 0 Å². The summed E-state index contributed by atoms with van der Waals surface area (Å²) in [6, 6.07) is 4.17. The van der Waals surface area contributed by atoms with Crippen molar-refractivity contribution in [3.05, 3.63) is 26.6 Å². The Balaban J connectivity index is 2.89. The van der Waals surface area contributed by atoms with Crippen LogP contribution < -0.4 is 10.5 Å². The van der Waals surface area contributed by atoms with Crippen molar-refractivity contribution >= 4 is 31.9 Å². The van der Waals surface area contributed by atoms with Crippen molar-refractivity contribution in [3.8, 4) is 5.75 Å². The molecule has 0 heterocycles. The van der Waals surface area contributed by atoms with Gasteiger partial charge in [0.2, 0.25) is 0 Å². The Morgan fingerprint density at radius 3 is 2.31 bits per heavy atom. The molecular formula is C11H15Br2NO2. The van der Waals surface area contributed by atoms with Gasteiger partial charge < -0.3 is 15.2 Å². The van der Waals surface area contributed by atoms with Crippen LogP contribution in [-0.2, 0) is 11.2 Å². The molecule has 1 aromatic rings. The number of ether oxygens (including phenoxy) is 2. The summed E-state index contributed by atoms with van der Waals surface area (Å²) >= 11 is 6.93. The summed E-state index contributed by atoms with van der Waals surface area (Å²) in [4.78, 5) is 0. The SMILES string of the molecule is COCOc1c(Br)cc(CC(C)N)cc1Br. The maximum absolute atomic E-state index is 5.76. The van der Waals surface area contributed by atoms with E-state index in [1.54, 1.807) is 7.11 Å². The van der Waals surface area contributed by atoms with Gasteiger partial charge in [-0.2, -0.15) is 0 Å². The number of hydrogen-bond donors (Lipinski definition) is 1. The zero-order valence-corrected chi connectivity index (χ0v) is 12.5. The van der Waals surface area contributed by atoms with Gasteiger partial charge in [0.25, 0.3) is 0 Å². The summed E-state index contributed by atoms with van der Waals surface area (Å²) in [5.74, 6) is 0.746. The molecule has 90 valence electrons. The van der Waals surface area contributed by atoms with E-state index < -0.39 is 0 Å². The lowest BCUT2D eigenvalue weighted by Gasteiger charge is -2.12. The largest absolute Gasteiger partial charge is 0.465 e. The summed E-state index contributed by atoms with van der Waals surface area (Å²) in [6.45, 7) is 2.21. The molecule has 0 saturated carbocycles. The van der Waals surface area contributed by atoms with Gasteiger partial charge in [0.1, 0.15) is 0 Å². The van der Waals surface area contributed by atoms with Gasteiger partial charge in [-0.15, -0.1) is 0 Å². The first-order chi connectivity index (χ1) is 7.54. The Hall–Kier alpha value is -0.100. The lowest BCUT2D eigenvalue weighted by molar-refractivity contribution is 0.0500. The molecule has 1 unspecified atom stereocenters. The topological polar surface area (TPSA) is 44.5 Å². The van der Waals surface area contributed by atoms with E-state index in [1.807, 2.05) is 19.1 Å². The highest BCUT2D eigenvalue weighted by molar-refractivity contribution is 9.11. The third-order valence-corrected chi connectivity index (χ3v) is 3.11. The molecule has 0 fully saturated rings. The molecule has 0 spiro atoms. The van der Waals surface area contributed by atoms with E-state index in [9.17, 15) is 0 Å². The predicted octanol–water partition coefficient (Wildman–Crippen LogP) is 3.08. The highest BCUT2D eigenvalue weighted by atomic mass is 79.9. The molecule has 1 aromatic carbocycles. The average Bonchev–Trinajstić information content (AvgIpc) is 2.15. The highest BCUT2D eigenvalue weighted by Gasteiger charge is 2.09. The monoisotopic (exact) mass is 351 g/mol. The Kier molecular flexibility index (Phi) is 5.75. The lowest BCUT2D eigenvalue weighted by atomic mass is 10.1. The predicted molar refractivity (Wildman–Crippen MR) is 71.7 cm³/mol. The minimum atomic E-state index is 0.143. The van der Waals surface area contributed by atoms with Gasteiger partial charge in [0, 0.05) is 13.2 Å². The zero-order valence-electron chi connectivity index (χ0n) is 9.30. The van der Waals surface area contributed by atoms with Crippen molar-refractivity contribution in [2.75, 3.05) is 13.9 Å². The van der Waals surface area contributed by atoms with Crippen LogP contribution >= 0.6 is 31.9 Å². The molecule has 0 amide bonds. The van der Waals surface area contributed by atoms with E-state index in [0.29, 0.717) is 0 Å². The molecule has 0 bridgehead atoms. The van der Waals surface area contributed by atoms with Crippen molar-refractivity contribution < 1.29 is 9.47 Å². The van der Waals surface area contributed by atoms with E-state index in [2.05, 4.69) is 31.9 Å². The molecule has 0 aliphatic rings. The van der Waals surface area contributed by atoms with Gasteiger partial charge >= 0.3 is 0 Å². The first-order valence-corrected chi connectivity index (χ1v) is 6.48. The van der Waals surface area contributed by atoms with Gasteiger partial charge in [-0.3, -0.25) is 0 Å². The quantitative estimate of drug-likeness (QED) is 0.828. The smallest absolute Gasteiger partial charge is 0.188 e. The maximum atomic E-state index is 5.76. The Morgan fingerprint density at radius 2 is 1.88 bits per heavy atom. The molecule has 3 nitrogen and oxygen atoms in total. The van der Waals surface area contributed by atoms with Crippen LogP contribution in [0.5, 0.6) is 5.75 Å². The fourth-order valence-electron chi connectivity index (χ4n) is 1.36. The van der Waals surface area contributed by atoms with Gasteiger partial charge in [0.05, 0.1) is 8.95 Å². The molecular weight excluding hydrogens is 338 g/mol. The number of hydrogen-bond acceptors (Lipinski definition) is 3. The van der Waals surface area contributed by atoms with Crippen LogP contribution in [0.15, 0.2) is 21.1 Å². The normalized spacial score (nSPS) is 12.6. The fourth-order valence-corrected chi connectivity index (χ4v) is 2.87. The molecule has 2 N–H and O–H groups in total. The molecule has 5 heteroatoms. The molecule has 0 saturated heterocycles. The Labute approximate surface area is 113 Å². The molecule has 0 aliphatic heterocycles. The first kappa shape index (κ1) is 14.0. The summed E-state index contributed by atoms with van der Waals surface area (Å²) in [7, 11) is 1.59. The Bertz CT molecular complexity index is 333. The summed E-state index contributed by atoms with van der Waals surface area (Å²) in [6.07, 6.45) is 0.835. The van der Waals surface area contributed by atoms with Crippen LogP contribution in [0.1, 0.15) is 12.5 Å². The second-order valence-electron chi connectivity index (χ2n) is 3.62. The van der Waals surface area contributed by atoms with E-state index in [1.165, 1.54) is 5.56 Å². The van der Waals surface area contributed by atoms with E-state index in [4.69, 9.17) is 15.2 Å². The van der Waals surface area contributed by atoms with Gasteiger partial charge in [-0.05, 0) is 62.9 Å². The summed E-state index contributed by atoms with van der Waals surface area (Å²) in [5.41, 5.74) is 6.93. The molecule has 16 heavy (non-hydrogen) atoms. The van der Waals surface area contributed by atoms with Crippen LogP contribution in [-0.4, -0.2) is 19.9 Å². The highest BCUT2D eigenvalue weighted by Crippen LogP contribution is 2.35. The number of halogens is 2. The van der Waals surface area contributed by atoms with Crippen LogP contribution in [0.4, 0.5) is 0 Å². The maximum Gasteiger partial charge on any atom is 0.188 e. The van der Waals surface area contributed by atoms with Crippen LogP contribution in [0.3, 0.4) is 0 Å². The number of methoxy groups -OCH3 is 1. The molecule has 1 atom stereocenters. The third-order valence-electron chi connectivity index (χ3n) is 1.94. The average molecular weight is 353 g/mol. The van der Waals surface area contributed by atoms with E-state index in [-0.39, 0.29) is 12.8 Å². The van der Waals surface area contributed by atoms with E-state index >= 15 is 0 Å². The molecule has 0 aliphatic carbocycles. The van der Waals surface area contributed by atoms with Crippen LogP contribution in [0.2, 0.25) is 0 Å². The minimum Gasteiger partial charge on any atom is -0.465 e. The second kappa shape index (κ2) is 6.59. The molecule has 0 aromatic heterocycles. The van der Waals surface area contributed by atoms with Crippen molar-refractivity contribution in [2.24, 2.45) is 5.73 Å². The number of benzene rings is 1. The van der Waals surface area contributed by atoms with Crippen LogP contribution in [0.25, 0.3) is 0 Å². The van der Waals surface area contributed by atoms with Crippen molar-refractivity contribution in [1.29, 1.82) is 0 Å². The standard InChI is InChI=1S/C11H15Br2NO2/c1-7(14)3-8-4-9(12)11(10(13)5-8)16-6-15-2/h4-5,7H,3,6,14H2,1-2H3. The summed E-state index contributed by atoms with van der Waals surface area (Å²) < 4.78 is 12.1. The molecule has 1 rings (SSSR count). The first-order valence-electron chi connectivity index (χ1n) is 4.89. The van der Waals surface area contributed by atoms with Gasteiger partial charge in [0.15, 0.2) is 12.5 Å². The minimum absolute atomic E-state index is 0.143. The Morgan fingerprint density at radius 1 is 1.31 bits per heavy atom. The number of nitrogens with two attached hydrogens (primary N) is 1.